The molecule has 100 valence electrons. The summed E-state index contributed by atoms with van der Waals surface area (Å²) in [7, 11) is 0. The van der Waals surface area contributed by atoms with Crippen molar-refractivity contribution in [3.63, 3.8) is 0 Å². The lowest BCUT2D eigenvalue weighted by Crippen LogP contribution is -1.95. The molecule has 1 aromatic heterocycles. The number of aryl methyl sites for hydroxylation is 1. The molecule has 0 aliphatic rings. The molecule has 0 amide bonds. The molecule has 1 N–H and O–H groups in total. The quantitative estimate of drug-likeness (QED) is 0.772. The van der Waals surface area contributed by atoms with Gasteiger partial charge in [0.05, 0.1) is 0 Å². The van der Waals surface area contributed by atoms with Crippen molar-refractivity contribution in [2.45, 2.75) is 6.92 Å². The summed E-state index contributed by atoms with van der Waals surface area (Å²) >= 11 is 0. The molecule has 4 nitrogen and oxygen atoms in total. The van der Waals surface area contributed by atoms with Crippen LogP contribution in [0.5, 0.6) is 0 Å². The van der Waals surface area contributed by atoms with Crippen LogP contribution in [0.25, 0.3) is 22.6 Å². The number of para-hydroxylation sites is 1. The number of oxazole rings is 1. The number of carbonyl (C=O) groups is 1. The number of halogens is 1. The number of fused-ring (bicyclic) bond motifs is 1. The highest BCUT2D eigenvalue weighted by molar-refractivity contribution is 6.00. The lowest BCUT2D eigenvalue weighted by atomic mass is 10.1. The van der Waals surface area contributed by atoms with Gasteiger partial charge in [-0.15, -0.1) is 0 Å². The predicted octanol–water partition coefficient (Wildman–Crippen LogP) is 3.64. The summed E-state index contributed by atoms with van der Waals surface area (Å²) in [6.45, 7) is 1.81. The highest BCUT2D eigenvalue weighted by Gasteiger charge is 2.16. The minimum Gasteiger partial charge on any atom is -0.478 e. The molecule has 3 rings (SSSR count). The van der Waals surface area contributed by atoms with Gasteiger partial charge in [-0.05, 0) is 36.8 Å². The molecular weight excluding hydrogens is 261 g/mol. The van der Waals surface area contributed by atoms with Crippen molar-refractivity contribution >= 4 is 17.1 Å². The minimum absolute atomic E-state index is 0.0373. The molecule has 1 heterocycles. The standard InChI is InChI=1S/C15H10FNO3/c1-8-5-6-9(16)7-11(8)14-17-12-4-2-3-10(15(18)19)13(12)20-14/h2-7H,1H3,(H,18,19). The molecule has 0 atom stereocenters. The molecular formula is C15H10FNO3. The third-order valence-electron chi connectivity index (χ3n) is 3.08. The fourth-order valence-electron chi connectivity index (χ4n) is 2.06. The van der Waals surface area contributed by atoms with Gasteiger partial charge in [-0.2, -0.15) is 0 Å². The van der Waals surface area contributed by atoms with Gasteiger partial charge in [-0.3, -0.25) is 0 Å². The van der Waals surface area contributed by atoms with Crippen molar-refractivity contribution in [2.75, 3.05) is 0 Å². The van der Waals surface area contributed by atoms with E-state index in [4.69, 9.17) is 9.52 Å². The normalized spacial score (nSPS) is 10.9. The van der Waals surface area contributed by atoms with Crippen LogP contribution in [0.3, 0.4) is 0 Å². The molecule has 0 unspecified atom stereocenters. The maximum absolute atomic E-state index is 13.3. The molecule has 3 aromatic rings. The molecule has 0 saturated heterocycles. The van der Waals surface area contributed by atoms with Gasteiger partial charge in [0.1, 0.15) is 16.9 Å². The largest absolute Gasteiger partial charge is 0.478 e. The highest BCUT2D eigenvalue weighted by Crippen LogP contribution is 2.29. The Morgan fingerprint density at radius 1 is 1.30 bits per heavy atom. The monoisotopic (exact) mass is 271 g/mol. The number of hydrogen-bond acceptors (Lipinski definition) is 3. The molecule has 0 aliphatic carbocycles. The van der Waals surface area contributed by atoms with Crippen molar-refractivity contribution < 1.29 is 18.7 Å². The van der Waals surface area contributed by atoms with Gasteiger partial charge < -0.3 is 9.52 Å². The first-order valence-electron chi connectivity index (χ1n) is 5.95. The van der Waals surface area contributed by atoms with Crippen molar-refractivity contribution in [3.8, 4) is 11.5 Å². The van der Waals surface area contributed by atoms with Gasteiger partial charge >= 0.3 is 5.97 Å². The van der Waals surface area contributed by atoms with E-state index in [1.165, 1.54) is 18.2 Å². The minimum atomic E-state index is -1.09. The zero-order valence-corrected chi connectivity index (χ0v) is 10.6. The number of hydrogen-bond donors (Lipinski definition) is 1. The Bertz CT molecular complexity index is 823. The summed E-state index contributed by atoms with van der Waals surface area (Å²) in [6.07, 6.45) is 0. The van der Waals surface area contributed by atoms with Gasteiger partial charge in [0.25, 0.3) is 0 Å². The van der Waals surface area contributed by atoms with Gasteiger partial charge in [0, 0.05) is 5.56 Å². The second-order valence-corrected chi connectivity index (χ2v) is 4.44. The van der Waals surface area contributed by atoms with Crippen molar-refractivity contribution in [1.82, 2.24) is 4.98 Å². The summed E-state index contributed by atoms with van der Waals surface area (Å²) in [6, 6.07) is 8.99. The summed E-state index contributed by atoms with van der Waals surface area (Å²) in [5, 5.41) is 9.11. The maximum atomic E-state index is 13.3. The van der Waals surface area contributed by atoms with Gasteiger partial charge in [-0.1, -0.05) is 12.1 Å². The molecule has 20 heavy (non-hydrogen) atoms. The predicted molar refractivity (Wildman–Crippen MR) is 71.1 cm³/mol. The van der Waals surface area contributed by atoms with Crippen molar-refractivity contribution in [1.29, 1.82) is 0 Å². The van der Waals surface area contributed by atoms with Crippen LogP contribution in [-0.4, -0.2) is 16.1 Å². The Hall–Kier alpha value is -2.69. The summed E-state index contributed by atoms with van der Waals surface area (Å²) in [5.41, 5.74) is 1.98. The third kappa shape index (κ3) is 1.93. The molecule has 5 heteroatoms. The lowest BCUT2D eigenvalue weighted by Gasteiger charge is -2.00. The SMILES string of the molecule is Cc1ccc(F)cc1-c1nc2cccc(C(=O)O)c2o1. The van der Waals surface area contributed by atoms with E-state index >= 15 is 0 Å². The first-order valence-corrected chi connectivity index (χ1v) is 5.95. The van der Waals surface area contributed by atoms with Crippen LogP contribution in [0.1, 0.15) is 15.9 Å². The molecule has 2 aromatic carbocycles. The molecule has 0 saturated carbocycles. The van der Waals surface area contributed by atoms with E-state index in [0.29, 0.717) is 11.1 Å². The Kier molecular flexibility index (Phi) is 2.75. The zero-order valence-electron chi connectivity index (χ0n) is 10.6. The Morgan fingerprint density at radius 3 is 2.85 bits per heavy atom. The van der Waals surface area contributed by atoms with E-state index in [1.54, 1.807) is 18.2 Å². The second-order valence-electron chi connectivity index (χ2n) is 4.44. The van der Waals surface area contributed by atoms with Crippen LogP contribution < -0.4 is 0 Å². The van der Waals surface area contributed by atoms with Crippen LogP contribution in [-0.2, 0) is 0 Å². The van der Waals surface area contributed by atoms with Gasteiger partial charge in [0.15, 0.2) is 5.58 Å². The second kappa shape index (κ2) is 4.45. The number of nitrogens with zero attached hydrogens (tertiary/aromatic N) is 1. The fraction of sp³-hybridized carbons (Fsp3) is 0.0667. The van der Waals surface area contributed by atoms with Crippen LogP contribution in [0, 0.1) is 12.7 Å². The molecule has 0 radical (unpaired) electrons. The van der Waals surface area contributed by atoms with Crippen LogP contribution in [0.15, 0.2) is 40.8 Å². The van der Waals surface area contributed by atoms with Crippen LogP contribution >= 0.6 is 0 Å². The number of aromatic nitrogens is 1. The van der Waals surface area contributed by atoms with E-state index in [1.807, 2.05) is 6.92 Å². The van der Waals surface area contributed by atoms with Crippen molar-refractivity contribution in [2.24, 2.45) is 0 Å². The number of carboxylic acid groups (broad SMARTS) is 1. The first kappa shape index (κ1) is 12.3. The van der Waals surface area contributed by atoms with E-state index in [-0.39, 0.29) is 17.0 Å². The topological polar surface area (TPSA) is 63.3 Å². The Labute approximate surface area is 113 Å². The van der Waals surface area contributed by atoms with E-state index in [0.717, 1.165) is 5.56 Å². The average molecular weight is 271 g/mol. The molecule has 0 bridgehead atoms. The molecule has 0 fully saturated rings. The van der Waals surface area contributed by atoms with Gasteiger partial charge in [0.2, 0.25) is 5.89 Å². The average Bonchev–Trinajstić information content (AvgIpc) is 2.84. The van der Waals surface area contributed by atoms with Crippen LogP contribution in [0.4, 0.5) is 4.39 Å². The Morgan fingerprint density at radius 2 is 2.10 bits per heavy atom. The summed E-state index contributed by atoms with van der Waals surface area (Å²) in [5.74, 6) is -1.27. The Balaban J connectivity index is 2.26. The fourth-order valence-corrected chi connectivity index (χ4v) is 2.06. The number of rotatable bonds is 2. The summed E-state index contributed by atoms with van der Waals surface area (Å²) < 4.78 is 18.9. The summed E-state index contributed by atoms with van der Waals surface area (Å²) in [4.78, 5) is 15.4. The van der Waals surface area contributed by atoms with E-state index in [9.17, 15) is 9.18 Å². The first-order chi connectivity index (χ1) is 9.56. The lowest BCUT2D eigenvalue weighted by molar-refractivity contribution is 0.0698. The number of carboxylic acids is 1. The van der Waals surface area contributed by atoms with Crippen molar-refractivity contribution in [3.05, 3.63) is 53.3 Å². The zero-order chi connectivity index (χ0) is 14.3. The molecule has 0 spiro atoms. The molecule has 0 aliphatic heterocycles. The third-order valence-corrected chi connectivity index (χ3v) is 3.08. The number of aromatic carboxylic acids is 1. The number of benzene rings is 2. The van der Waals surface area contributed by atoms with E-state index in [2.05, 4.69) is 4.98 Å². The smallest absolute Gasteiger partial charge is 0.339 e. The highest BCUT2D eigenvalue weighted by atomic mass is 19.1. The van der Waals surface area contributed by atoms with E-state index < -0.39 is 11.8 Å². The van der Waals surface area contributed by atoms with Crippen LogP contribution in [0.2, 0.25) is 0 Å². The maximum Gasteiger partial charge on any atom is 0.339 e. The van der Waals surface area contributed by atoms with Gasteiger partial charge in [-0.25, -0.2) is 14.2 Å².